The predicted molar refractivity (Wildman–Crippen MR) is 81.8 cm³/mol. The number of methoxy groups -OCH3 is 1. The molecule has 0 aromatic heterocycles. The van der Waals surface area contributed by atoms with Gasteiger partial charge in [0.1, 0.15) is 0 Å². The predicted octanol–water partition coefficient (Wildman–Crippen LogP) is 5.68. The minimum absolute atomic E-state index is 0.0241. The zero-order valence-electron chi connectivity index (χ0n) is 13.5. The molecular formula is C18H26F2O. The maximum atomic E-state index is 13.9. The van der Waals surface area contributed by atoms with Gasteiger partial charge in [0, 0.05) is 7.11 Å². The molecule has 0 heterocycles. The summed E-state index contributed by atoms with van der Waals surface area (Å²) in [4.78, 5) is 0. The third-order valence-electron chi connectivity index (χ3n) is 5.00. The van der Waals surface area contributed by atoms with Crippen LogP contribution in [0.3, 0.4) is 0 Å². The standard InChI is InChI=1S/C18H26F2O/c1-5-14-6-8-15(9-7-14)16-10-12(2)17(13(3)11-16)18(19,20)21-4/h10-11,14-15H,5-9H2,1-4H3. The van der Waals surface area contributed by atoms with Crippen molar-refractivity contribution in [2.24, 2.45) is 5.92 Å². The first-order valence-corrected chi connectivity index (χ1v) is 7.93. The molecule has 0 aliphatic heterocycles. The fourth-order valence-corrected chi connectivity index (χ4v) is 3.70. The first-order valence-electron chi connectivity index (χ1n) is 7.93. The number of hydrogen-bond donors (Lipinski definition) is 0. The lowest BCUT2D eigenvalue weighted by molar-refractivity contribution is -0.232. The van der Waals surface area contributed by atoms with Crippen LogP contribution in [0.4, 0.5) is 8.78 Å². The van der Waals surface area contributed by atoms with Crippen LogP contribution in [0.25, 0.3) is 0 Å². The van der Waals surface area contributed by atoms with E-state index in [2.05, 4.69) is 11.7 Å². The Hall–Kier alpha value is -0.960. The van der Waals surface area contributed by atoms with Crippen LogP contribution in [0, 0.1) is 19.8 Å². The Morgan fingerprint density at radius 3 is 2.05 bits per heavy atom. The highest BCUT2D eigenvalue weighted by Gasteiger charge is 2.35. The van der Waals surface area contributed by atoms with Gasteiger partial charge in [0.15, 0.2) is 0 Å². The van der Waals surface area contributed by atoms with Crippen molar-refractivity contribution in [2.45, 2.75) is 64.9 Å². The second-order valence-corrected chi connectivity index (χ2v) is 6.38. The molecule has 0 radical (unpaired) electrons. The molecule has 21 heavy (non-hydrogen) atoms. The highest BCUT2D eigenvalue weighted by Crippen LogP contribution is 2.40. The Labute approximate surface area is 126 Å². The Balaban J connectivity index is 2.25. The summed E-state index contributed by atoms with van der Waals surface area (Å²) >= 11 is 0. The third-order valence-corrected chi connectivity index (χ3v) is 5.00. The highest BCUT2D eigenvalue weighted by molar-refractivity contribution is 5.41. The van der Waals surface area contributed by atoms with Crippen molar-refractivity contribution in [2.75, 3.05) is 7.11 Å². The summed E-state index contributed by atoms with van der Waals surface area (Å²) in [6.45, 7) is 5.77. The maximum absolute atomic E-state index is 13.9. The molecule has 1 aliphatic rings. The van der Waals surface area contributed by atoms with Gasteiger partial charge in [-0.2, -0.15) is 8.78 Å². The van der Waals surface area contributed by atoms with Gasteiger partial charge in [-0.05, 0) is 68.1 Å². The topological polar surface area (TPSA) is 9.23 Å². The van der Waals surface area contributed by atoms with Gasteiger partial charge >= 0.3 is 6.11 Å². The van der Waals surface area contributed by atoms with Crippen LogP contribution in [0.1, 0.15) is 67.2 Å². The first kappa shape index (κ1) is 16.4. The minimum Gasteiger partial charge on any atom is -0.320 e. The molecule has 0 saturated heterocycles. The molecule has 0 spiro atoms. The Kier molecular flexibility index (Phi) is 5.03. The number of halogens is 2. The van der Waals surface area contributed by atoms with Gasteiger partial charge in [0.05, 0.1) is 5.56 Å². The molecule has 3 heteroatoms. The van der Waals surface area contributed by atoms with Crippen LogP contribution in [-0.2, 0) is 10.8 Å². The lowest BCUT2D eigenvalue weighted by Gasteiger charge is -2.29. The molecule has 1 saturated carbocycles. The summed E-state index contributed by atoms with van der Waals surface area (Å²) in [5.74, 6) is 1.37. The van der Waals surface area contributed by atoms with E-state index in [1.165, 1.54) is 37.7 Å². The van der Waals surface area contributed by atoms with E-state index < -0.39 is 6.11 Å². The SMILES string of the molecule is CCC1CCC(c2cc(C)c(C(F)(F)OC)c(C)c2)CC1. The maximum Gasteiger partial charge on any atom is 0.383 e. The van der Waals surface area contributed by atoms with E-state index in [1.807, 2.05) is 12.1 Å². The average Bonchev–Trinajstić information content (AvgIpc) is 2.46. The van der Waals surface area contributed by atoms with Gasteiger partial charge in [-0.3, -0.25) is 0 Å². The summed E-state index contributed by atoms with van der Waals surface area (Å²) in [5, 5.41) is 0. The molecule has 0 atom stereocenters. The Bertz CT molecular complexity index is 465. The van der Waals surface area contributed by atoms with E-state index in [-0.39, 0.29) is 5.56 Å². The number of alkyl halides is 2. The van der Waals surface area contributed by atoms with Crippen LogP contribution < -0.4 is 0 Å². The lowest BCUT2D eigenvalue weighted by atomic mass is 9.77. The average molecular weight is 296 g/mol. The van der Waals surface area contributed by atoms with Crippen LogP contribution in [0.2, 0.25) is 0 Å². The third kappa shape index (κ3) is 3.45. The van der Waals surface area contributed by atoms with Gasteiger partial charge in [-0.1, -0.05) is 25.5 Å². The molecule has 1 fully saturated rings. The molecule has 1 aromatic carbocycles. The van der Waals surface area contributed by atoms with E-state index in [0.717, 1.165) is 13.0 Å². The van der Waals surface area contributed by atoms with Crippen LogP contribution in [0.15, 0.2) is 12.1 Å². The van der Waals surface area contributed by atoms with Gasteiger partial charge in [0.25, 0.3) is 0 Å². The lowest BCUT2D eigenvalue weighted by Crippen LogP contribution is -2.20. The van der Waals surface area contributed by atoms with Gasteiger partial charge in [-0.15, -0.1) is 0 Å². The van der Waals surface area contributed by atoms with Gasteiger partial charge < -0.3 is 4.74 Å². The molecule has 1 nitrogen and oxygen atoms in total. The molecule has 2 rings (SSSR count). The summed E-state index contributed by atoms with van der Waals surface area (Å²) in [5.41, 5.74) is 2.51. The quantitative estimate of drug-likeness (QED) is 0.694. The summed E-state index contributed by atoms with van der Waals surface area (Å²) < 4.78 is 32.1. The largest absolute Gasteiger partial charge is 0.383 e. The highest BCUT2D eigenvalue weighted by atomic mass is 19.3. The fraction of sp³-hybridized carbons (Fsp3) is 0.667. The summed E-state index contributed by atoms with van der Waals surface area (Å²) in [6, 6.07) is 3.87. The Morgan fingerprint density at radius 1 is 1.10 bits per heavy atom. The molecule has 0 unspecified atom stereocenters. The monoisotopic (exact) mass is 296 g/mol. The second-order valence-electron chi connectivity index (χ2n) is 6.38. The minimum atomic E-state index is -3.20. The number of ether oxygens (including phenoxy) is 1. The van der Waals surface area contributed by atoms with Gasteiger partial charge in [0.2, 0.25) is 0 Å². The molecule has 1 aromatic rings. The summed E-state index contributed by atoms with van der Waals surface area (Å²) in [6.07, 6.45) is 2.93. The zero-order valence-corrected chi connectivity index (χ0v) is 13.5. The van der Waals surface area contributed by atoms with Gasteiger partial charge in [-0.25, -0.2) is 0 Å². The molecule has 0 amide bonds. The van der Waals surface area contributed by atoms with Crippen LogP contribution in [0.5, 0.6) is 0 Å². The van der Waals surface area contributed by atoms with Crippen molar-refractivity contribution in [1.29, 1.82) is 0 Å². The van der Waals surface area contributed by atoms with Crippen molar-refractivity contribution >= 4 is 0 Å². The fourth-order valence-electron chi connectivity index (χ4n) is 3.70. The summed E-state index contributed by atoms with van der Waals surface area (Å²) in [7, 11) is 1.05. The molecule has 0 N–H and O–H groups in total. The van der Waals surface area contributed by atoms with E-state index >= 15 is 0 Å². The molecule has 118 valence electrons. The number of aryl methyl sites for hydroxylation is 2. The first-order chi connectivity index (χ1) is 9.89. The zero-order chi connectivity index (χ0) is 15.6. The normalized spacial score (nSPS) is 23.3. The second kappa shape index (κ2) is 6.43. The van der Waals surface area contributed by atoms with Crippen molar-refractivity contribution < 1.29 is 13.5 Å². The van der Waals surface area contributed by atoms with E-state index in [9.17, 15) is 8.78 Å². The van der Waals surface area contributed by atoms with Crippen molar-refractivity contribution in [3.05, 3.63) is 34.4 Å². The van der Waals surface area contributed by atoms with Crippen LogP contribution >= 0.6 is 0 Å². The van der Waals surface area contributed by atoms with Crippen LogP contribution in [-0.4, -0.2) is 7.11 Å². The van der Waals surface area contributed by atoms with Crippen molar-refractivity contribution in [3.63, 3.8) is 0 Å². The smallest absolute Gasteiger partial charge is 0.320 e. The van der Waals surface area contributed by atoms with E-state index in [0.29, 0.717) is 17.0 Å². The van der Waals surface area contributed by atoms with Crippen molar-refractivity contribution in [1.82, 2.24) is 0 Å². The number of rotatable bonds is 4. The Morgan fingerprint density at radius 2 is 1.62 bits per heavy atom. The number of benzene rings is 1. The molecular weight excluding hydrogens is 270 g/mol. The van der Waals surface area contributed by atoms with Crippen molar-refractivity contribution in [3.8, 4) is 0 Å². The van der Waals surface area contributed by atoms with E-state index in [4.69, 9.17) is 0 Å². The van der Waals surface area contributed by atoms with E-state index in [1.54, 1.807) is 13.8 Å². The molecule has 1 aliphatic carbocycles. The number of hydrogen-bond acceptors (Lipinski definition) is 1. The molecule has 0 bridgehead atoms.